The Morgan fingerprint density at radius 1 is 1.21 bits per heavy atom. The number of hydrogen-bond donors (Lipinski definition) is 2. The largest absolute Gasteiger partial charge is 0.324 e. The molecule has 3 aromatic rings. The van der Waals surface area contributed by atoms with Crippen LogP contribution in [0.1, 0.15) is 0 Å². The number of nitrogens with zero attached hydrogens (tertiary/aromatic N) is 4. The number of nitro benzene ring substituents is 1. The average Bonchev–Trinajstić information content (AvgIpc) is 3.13. The van der Waals surface area contributed by atoms with E-state index in [9.17, 15) is 23.3 Å². The van der Waals surface area contributed by atoms with E-state index >= 15 is 0 Å². The Balaban J connectivity index is 1.71. The van der Waals surface area contributed by atoms with Crippen molar-refractivity contribution in [3.63, 3.8) is 0 Å². The molecule has 0 spiro atoms. The van der Waals surface area contributed by atoms with Crippen molar-refractivity contribution in [3.05, 3.63) is 64.8 Å². The lowest BCUT2D eigenvalue weighted by Crippen LogP contribution is -2.33. The minimum atomic E-state index is -4.10. The van der Waals surface area contributed by atoms with Gasteiger partial charge in [-0.1, -0.05) is 29.5 Å². The highest BCUT2D eigenvalue weighted by Gasteiger charge is 2.19. The first kappa shape index (κ1) is 20.1. The summed E-state index contributed by atoms with van der Waals surface area (Å²) in [7, 11) is -2.39. The van der Waals surface area contributed by atoms with Gasteiger partial charge in [0.05, 0.1) is 28.2 Å². The fourth-order valence-corrected chi connectivity index (χ4v) is 3.51. The van der Waals surface area contributed by atoms with Gasteiger partial charge in [-0.05, 0) is 12.1 Å². The SMILES string of the molecule is Cn1cc(-c2ccccc2NC(=O)CNS(=O)(=O)c2cccc([N+](=O)[O-])c2)nn1. The average molecular weight is 416 g/mol. The molecule has 0 saturated carbocycles. The Labute approximate surface area is 165 Å². The first-order chi connectivity index (χ1) is 13.8. The van der Waals surface area contributed by atoms with Gasteiger partial charge in [-0.25, -0.2) is 13.1 Å². The van der Waals surface area contributed by atoms with E-state index in [1.165, 1.54) is 22.9 Å². The Morgan fingerprint density at radius 2 is 1.97 bits per heavy atom. The number of hydrogen-bond acceptors (Lipinski definition) is 7. The van der Waals surface area contributed by atoms with Crippen LogP contribution < -0.4 is 10.0 Å². The van der Waals surface area contributed by atoms with Gasteiger partial charge in [0.1, 0.15) is 5.69 Å². The molecule has 0 bridgehead atoms. The van der Waals surface area contributed by atoms with Crippen LogP contribution in [0.15, 0.2) is 59.6 Å². The number of amides is 1. The molecular weight excluding hydrogens is 400 g/mol. The minimum Gasteiger partial charge on any atom is -0.324 e. The van der Waals surface area contributed by atoms with Crippen molar-refractivity contribution in [1.29, 1.82) is 0 Å². The third-order valence-electron chi connectivity index (χ3n) is 3.84. The monoisotopic (exact) mass is 416 g/mol. The zero-order chi connectivity index (χ0) is 21.0. The number of nitrogens with one attached hydrogen (secondary N) is 2. The molecule has 0 unspecified atom stereocenters. The van der Waals surface area contributed by atoms with Crippen molar-refractivity contribution in [2.75, 3.05) is 11.9 Å². The van der Waals surface area contributed by atoms with Crippen LogP contribution in [-0.4, -0.2) is 40.8 Å². The lowest BCUT2D eigenvalue weighted by molar-refractivity contribution is -0.385. The molecule has 2 aromatic carbocycles. The summed E-state index contributed by atoms with van der Waals surface area (Å²) in [6.07, 6.45) is 1.68. The molecule has 2 N–H and O–H groups in total. The summed E-state index contributed by atoms with van der Waals surface area (Å²) in [4.78, 5) is 22.1. The standard InChI is InChI=1S/C17H16N6O5S/c1-22-11-16(20-21-22)14-7-2-3-8-15(14)19-17(24)10-18-29(27,28)13-6-4-5-12(9-13)23(25)26/h2-9,11,18H,10H2,1H3,(H,19,24). The van der Waals surface area contributed by atoms with Gasteiger partial charge in [0.25, 0.3) is 5.69 Å². The molecule has 3 rings (SSSR count). The van der Waals surface area contributed by atoms with Crippen molar-refractivity contribution < 1.29 is 18.1 Å². The van der Waals surface area contributed by atoms with Crippen molar-refractivity contribution in [2.24, 2.45) is 7.05 Å². The molecule has 0 radical (unpaired) electrons. The van der Waals surface area contributed by atoms with Crippen molar-refractivity contribution in [1.82, 2.24) is 19.7 Å². The van der Waals surface area contributed by atoms with Crippen LogP contribution in [-0.2, 0) is 21.9 Å². The molecule has 1 amide bonds. The van der Waals surface area contributed by atoms with Crippen molar-refractivity contribution in [2.45, 2.75) is 4.90 Å². The second kappa shape index (κ2) is 8.16. The van der Waals surface area contributed by atoms with Gasteiger partial charge < -0.3 is 5.32 Å². The maximum atomic E-state index is 12.3. The van der Waals surface area contributed by atoms with Crippen LogP contribution in [0, 0.1) is 10.1 Å². The van der Waals surface area contributed by atoms with Crippen LogP contribution in [0.25, 0.3) is 11.3 Å². The number of aryl methyl sites for hydroxylation is 1. The number of nitro groups is 1. The van der Waals surface area contributed by atoms with E-state index in [4.69, 9.17) is 0 Å². The number of aromatic nitrogens is 3. The molecule has 150 valence electrons. The van der Waals surface area contributed by atoms with Gasteiger partial charge in [0.2, 0.25) is 15.9 Å². The Bertz CT molecular complexity index is 1170. The van der Waals surface area contributed by atoms with E-state index in [0.29, 0.717) is 16.9 Å². The molecule has 0 fully saturated rings. The molecule has 0 aliphatic carbocycles. The molecule has 0 aliphatic rings. The third kappa shape index (κ3) is 4.80. The van der Waals surface area contributed by atoms with Crippen LogP contribution in [0.4, 0.5) is 11.4 Å². The van der Waals surface area contributed by atoms with E-state index in [2.05, 4.69) is 20.4 Å². The topological polar surface area (TPSA) is 149 Å². The maximum Gasteiger partial charge on any atom is 0.270 e. The van der Waals surface area contributed by atoms with E-state index in [1.54, 1.807) is 37.5 Å². The number of rotatable bonds is 7. The van der Waals surface area contributed by atoms with Crippen LogP contribution in [0.3, 0.4) is 0 Å². The predicted octanol–water partition coefficient (Wildman–Crippen LogP) is 1.31. The molecule has 0 atom stereocenters. The number of para-hydroxylation sites is 1. The summed E-state index contributed by atoms with van der Waals surface area (Å²) in [6, 6.07) is 11.4. The molecule has 11 nitrogen and oxygen atoms in total. The highest BCUT2D eigenvalue weighted by atomic mass is 32.2. The normalized spacial score (nSPS) is 11.2. The van der Waals surface area contributed by atoms with Crippen LogP contribution in [0.5, 0.6) is 0 Å². The summed E-state index contributed by atoms with van der Waals surface area (Å²) in [5, 5.41) is 21.3. The Morgan fingerprint density at radius 3 is 2.66 bits per heavy atom. The first-order valence-corrected chi connectivity index (χ1v) is 9.74. The van der Waals surface area contributed by atoms with Crippen LogP contribution in [0.2, 0.25) is 0 Å². The minimum absolute atomic E-state index is 0.306. The molecule has 0 aliphatic heterocycles. The van der Waals surface area contributed by atoms with Crippen molar-refractivity contribution in [3.8, 4) is 11.3 Å². The number of benzene rings is 2. The lowest BCUT2D eigenvalue weighted by atomic mass is 10.1. The zero-order valence-corrected chi connectivity index (χ0v) is 16.0. The van der Waals surface area contributed by atoms with Crippen molar-refractivity contribution >= 4 is 27.3 Å². The summed E-state index contributed by atoms with van der Waals surface area (Å²) in [5.41, 5.74) is 1.24. The summed E-state index contributed by atoms with van der Waals surface area (Å²) >= 11 is 0. The molecule has 12 heteroatoms. The van der Waals surface area contributed by atoms with Gasteiger partial charge in [-0.3, -0.25) is 19.6 Å². The fourth-order valence-electron chi connectivity index (χ4n) is 2.49. The van der Waals surface area contributed by atoms with E-state index in [-0.39, 0.29) is 10.6 Å². The maximum absolute atomic E-state index is 12.3. The van der Waals surface area contributed by atoms with E-state index < -0.39 is 27.4 Å². The predicted molar refractivity (Wildman–Crippen MR) is 103 cm³/mol. The van der Waals surface area contributed by atoms with Gasteiger partial charge in [0, 0.05) is 24.7 Å². The molecule has 1 heterocycles. The van der Waals surface area contributed by atoms with Gasteiger partial charge in [0.15, 0.2) is 0 Å². The number of sulfonamides is 1. The van der Waals surface area contributed by atoms with E-state index in [0.717, 1.165) is 6.07 Å². The smallest absolute Gasteiger partial charge is 0.270 e. The first-order valence-electron chi connectivity index (χ1n) is 8.26. The van der Waals surface area contributed by atoms with Gasteiger partial charge in [-0.15, -0.1) is 5.10 Å². The van der Waals surface area contributed by atoms with E-state index in [1.807, 2.05) is 0 Å². The number of carbonyl (C=O) groups is 1. The Kier molecular flexibility index (Phi) is 5.66. The van der Waals surface area contributed by atoms with Crippen LogP contribution >= 0.6 is 0 Å². The highest BCUT2D eigenvalue weighted by Crippen LogP contribution is 2.25. The van der Waals surface area contributed by atoms with Gasteiger partial charge in [-0.2, -0.15) is 0 Å². The summed E-state index contributed by atoms with van der Waals surface area (Å²) in [6.45, 7) is -0.556. The highest BCUT2D eigenvalue weighted by molar-refractivity contribution is 7.89. The lowest BCUT2D eigenvalue weighted by Gasteiger charge is -2.10. The fraction of sp³-hybridized carbons (Fsp3) is 0.118. The number of anilines is 1. The molecule has 1 aromatic heterocycles. The molecule has 29 heavy (non-hydrogen) atoms. The molecule has 0 saturated heterocycles. The van der Waals surface area contributed by atoms with Gasteiger partial charge >= 0.3 is 0 Å². The summed E-state index contributed by atoms with van der Waals surface area (Å²) < 4.78 is 28.3. The number of non-ortho nitro benzene ring substituents is 1. The second-order valence-corrected chi connectivity index (χ2v) is 7.72. The summed E-state index contributed by atoms with van der Waals surface area (Å²) in [5.74, 6) is -0.615. The zero-order valence-electron chi connectivity index (χ0n) is 15.1. The third-order valence-corrected chi connectivity index (χ3v) is 5.24. The quantitative estimate of drug-likeness (QED) is 0.435. The second-order valence-electron chi connectivity index (χ2n) is 5.95. The number of carbonyl (C=O) groups excluding carboxylic acids is 1. The Hall–Kier alpha value is -3.64. The molecular formula is C17H16N6O5S.